The van der Waals surface area contributed by atoms with Gasteiger partial charge in [-0.2, -0.15) is 0 Å². The van der Waals surface area contributed by atoms with Crippen LogP contribution in [0.15, 0.2) is 71.9 Å². The monoisotopic (exact) mass is 688 g/mol. The number of nitrogen functional groups attached to an aromatic ring is 1. The quantitative estimate of drug-likeness (QED) is 0.190. The SMILES string of the molecule is CC(C)(C)OC(=O)/N=c1\n(Cc2cccc3c2ccn3C(=O)OC(C)(C)C)c2ccc(F)cc2n1C1CCN(c2cc(Cl)ccc2N)CC1. The summed E-state index contributed by atoms with van der Waals surface area (Å²) in [6.45, 7) is 12.4. The Kier molecular flexibility index (Phi) is 9.00. The van der Waals surface area contributed by atoms with E-state index in [1.54, 1.807) is 45.2 Å². The van der Waals surface area contributed by atoms with E-state index < -0.39 is 29.2 Å². The molecule has 49 heavy (non-hydrogen) atoms. The number of imidazole rings is 1. The van der Waals surface area contributed by atoms with Gasteiger partial charge in [-0.15, -0.1) is 4.99 Å². The van der Waals surface area contributed by atoms with Crippen molar-refractivity contribution in [3.8, 4) is 0 Å². The van der Waals surface area contributed by atoms with Gasteiger partial charge in [0.25, 0.3) is 0 Å². The third-order valence-corrected chi connectivity index (χ3v) is 8.67. The Bertz CT molecular complexity index is 2130. The van der Waals surface area contributed by atoms with Crippen molar-refractivity contribution < 1.29 is 23.5 Å². The minimum Gasteiger partial charge on any atom is -0.443 e. The number of anilines is 2. The second-order valence-electron chi connectivity index (χ2n) is 14.4. The summed E-state index contributed by atoms with van der Waals surface area (Å²) in [7, 11) is 0. The number of hydrogen-bond acceptors (Lipinski definition) is 6. The highest BCUT2D eigenvalue weighted by molar-refractivity contribution is 6.31. The molecule has 3 heterocycles. The maximum absolute atomic E-state index is 15.0. The Hall–Kier alpha value is -4.77. The molecule has 1 aliphatic rings. The Morgan fingerprint density at radius 2 is 1.63 bits per heavy atom. The molecule has 0 unspecified atom stereocenters. The topological polar surface area (TPSA) is 109 Å². The molecule has 1 fully saturated rings. The number of ether oxygens (including phenoxy) is 2. The fourth-order valence-electron chi connectivity index (χ4n) is 6.43. The van der Waals surface area contributed by atoms with Crippen molar-refractivity contribution in [1.82, 2.24) is 13.7 Å². The molecule has 6 rings (SSSR count). The number of nitrogens with two attached hydrogens (primary N) is 1. The number of carbonyl (C=O) groups is 2. The van der Waals surface area contributed by atoms with Gasteiger partial charge in [0, 0.05) is 35.7 Å². The molecule has 12 heteroatoms. The molecule has 2 N–H and O–H groups in total. The lowest BCUT2D eigenvalue weighted by atomic mass is 10.0. The van der Waals surface area contributed by atoms with E-state index in [1.807, 2.05) is 60.2 Å². The van der Waals surface area contributed by atoms with Gasteiger partial charge >= 0.3 is 12.2 Å². The van der Waals surface area contributed by atoms with Crippen LogP contribution < -0.4 is 16.3 Å². The average molecular weight is 689 g/mol. The van der Waals surface area contributed by atoms with E-state index in [0.29, 0.717) is 58.8 Å². The van der Waals surface area contributed by atoms with E-state index in [-0.39, 0.29) is 12.6 Å². The van der Waals surface area contributed by atoms with Crippen LogP contribution in [-0.4, -0.2) is 50.2 Å². The second-order valence-corrected chi connectivity index (χ2v) is 14.9. The first-order valence-electron chi connectivity index (χ1n) is 16.4. The van der Waals surface area contributed by atoms with E-state index in [4.69, 9.17) is 26.8 Å². The Morgan fingerprint density at radius 3 is 2.33 bits per heavy atom. The summed E-state index contributed by atoms with van der Waals surface area (Å²) in [5.41, 5.74) is 9.60. The molecule has 10 nitrogen and oxygen atoms in total. The largest absolute Gasteiger partial charge is 0.443 e. The fourth-order valence-corrected chi connectivity index (χ4v) is 6.59. The van der Waals surface area contributed by atoms with Crippen LogP contribution in [0.3, 0.4) is 0 Å². The number of piperidine rings is 1. The normalized spacial score (nSPS) is 14.9. The zero-order chi connectivity index (χ0) is 35.2. The molecule has 0 spiro atoms. The zero-order valence-electron chi connectivity index (χ0n) is 28.7. The van der Waals surface area contributed by atoms with Crippen LogP contribution in [0.2, 0.25) is 5.02 Å². The van der Waals surface area contributed by atoms with Gasteiger partial charge < -0.3 is 29.2 Å². The molecular weight excluding hydrogens is 647 g/mol. The molecule has 0 aliphatic carbocycles. The molecular formula is C37H42ClFN6O4. The molecule has 0 atom stereocenters. The first kappa shape index (κ1) is 34.1. The summed E-state index contributed by atoms with van der Waals surface area (Å²) in [5, 5.41) is 1.44. The van der Waals surface area contributed by atoms with Crippen LogP contribution in [0.4, 0.5) is 25.4 Å². The summed E-state index contributed by atoms with van der Waals surface area (Å²) >= 11 is 6.30. The van der Waals surface area contributed by atoms with Gasteiger partial charge in [-0.25, -0.2) is 14.0 Å². The number of benzene rings is 3. The minimum atomic E-state index is -0.771. The van der Waals surface area contributed by atoms with Gasteiger partial charge in [0.05, 0.1) is 34.5 Å². The molecule has 1 amide bonds. The molecule has 3 aromatic carbocycles. The summed E-state index contributed by atoms with van der Waals surface area (Å²) in [6, 6.07) is 17.5. The maximum Gasteiger partial charge on any atom is 0.437 e. The van der Waals surface area contributed by atoms with E-state index in [2.05, 4.69) is 9.89 Å². The molecule has 0 saturated carbocycles. The van der Waals surface area contributed by atoms with E-state index in [9.17, 15) is 14.0 Å². The van der Waals surface area contributed by atoms with Crippen LogP contribution >= 0.6 is 11.6 Å². The smallest absolute Gasteiger partial charge is 0.437 e. The maximum atomic E-state index is 15.0. The lowest BCUT2D eigenvalue weighted by molar-refractivity contribution is 0.0542. The van der Waals surface area contributed by atoms with Gasteiger partial charge in [-0.05, 0) is 108 Å². The minimum absolute atomic E-state index is 0.118. The highest BCUT2D eigenvalue weighted by Gasteiger charge is 2.28. The third-order valence-electron chi connectivity index (χ3n) is 8.43. The van der Waals surface area contributed by atoms with Crippen molar-refractivity contribution in [3.63, 3.8) is 0 Å². The lowest BCUT2D eigenvalue weighted by Gasteiger charge is -2.35. The summed E-state index contributed by atoms with van der Waals surface area (Å²) in [4.78, 5) is 33.1. The Labute approximate surface area is 289 Å². The Balaban J connectivity index is 1.46. The van der Waals surface area contributed by atoms with Gasteiger partial charge in [0.1, 0.15) is 17.0 Å². The predicted molar refractivity (Wildman–Crippen MR) is 191 cm³/mol. The average Bonchev–Trinajstić information content (AvgIpc) is 3.56. The number of fused-ring (bicyclic) bond motifs is 2. The number of amides is 1. The van der Waals surface area contributed by atoms with Crippen molar-refractivity contribution in [2.75, 3.05) is 23.7 Å². The number of carbonyl (C=O) groups excluding carboxylic acids is 2. The van der Waals surface area contributed by atoms with Crippen LogP contribution in [0.5, 0.6) is 0 Å². The van der Waals surface area contributed by atoms with E-state index >= 15 is 0 Å². The standard InChI is InChI=1S/C37H42ClFN6O4/c1-36(2,3)48-34(46)41-33-44(22-23-8-7-9-29-27(23)16-19-43(29)35(47)49-37(4,5)6)30-13-11-25(39)21-32(30)45(33)26-14-17-42(18-15-26)31-20-24(38)10-12-28(31)40/h7-13,16,19-21,26H,14-15,17-18,22,40H2,1-6H3/b41-33+. The van der Waals surface area contributed by atoms with Crippen molar-refractivity contribution in [1.29, 1.82) is 0 Å². The zero-order valence-corrected chi connectivity index (χ0v) is 29.4. The first-order chi connectivity index (χ1) is 23.1. The number of aromatic nitrogens is 3. The van der Waals surface area contributed by atoms with Crippen LogP contribution in [0.25, 0.3) is 21.9 Å². The molecule has 0 bridgehead atoms. The molecule has 1 aliphatic heterocycles. The second kappa shape index (κ2) is 12.9. The Morgan fingerprint density at radius 1 is 0.918 bits per heavy atom. The van der Waals surface area contributed by atoms with Crippen molar-refractivity contribution in [2.45, 2.75) is 78.2 Å². The van der Waals surface area contributed by atoms with E-state index in [0.717, 1.165) is 16.6 Å². The van der Waals surface area contributed by atoms with Crippen LogP contribution in [-0.2, 0) is 16.0 Å². The number of rotatable bonds is 4. The summed E-state index contributed by atoms with van der Waals surface area (Å²) in [5.74, 6) is -0.400. The van der Waals surface area contributed by atoms with Gasteiger partial charge in [-0.3, -0.25) is 4.57 Å². The van der Waals surface area contributed by atoms with Crippen molar-refractivity contribution >= 4 is 57.1 Å². The lowest BCUT2D eigenvalue weighted by Crippen LogP contribution is -2.39. The molecule has 5 aromatic rings. The number of nitrogens with zero attached hydrogens (tertiary/aromatic N) is 5. The highest BCUT2D eigenvalue weighted by atomic mass is 35.5. The first-order valence-corrected chi connectivity index (χ1v) is 16.8. The summed E-state index contributed by atoms with van der Waals surface area (Å²) in [6.07, 6.45) is 1.82. The predicted octanol–water partition coefficient (Wildman–Crippen LogP) is 8.28. The van der Waals surface area contributed by atoms with Gasteiger partial charge in [0.15, 0.2) is 0 Å². The van der Waals surface area contributed by atoms with Crippen LogP contribution in [0.1, 0.15) is 66.0 Å². The van der Waals surface area contributed by atoms with Crippen molar-refractivity contribution in [3.05, 3.63) is 88.9 Å². The van der Waals surface area contributed by atoms with E-state index in [1.165, 1.54) is 16.7 Å². The van der Waals surface area contributed by atoms with Gasteiger partial charge in [0.2, 0.25) is 5.62 Å². The molecule has 2 aromatic heterocycles. The highest BCUT2D eigenvalue weighted by Crippen LogP contribution is 2.33. The van der Waals surface area contributed by atoms with Gasteiger partial charge in [-0.1, -0.05) is 23.7 Å². The molecule has 258 valence electrons. The third kappa shape index (κ3) is 7.32. The number of halogens is 2. The molecule has 0 radical (unpaired) electrons. The van der Waals surface area contributed by atoms with Crippen molar-refractivity contribution in [2.24, 2.45) is 4.99 Å². The molecule has 1 saturated heterocycles. The summed E-state index contributed by atoms with van der Waals surface area (Å²) < 4.78 is 31.6. The number of hydrogen-bond donors (Lipinski definition) is 1. The van der Waals surface area contributed by atoms with Crippen LogP contribution in [0, 0.1) is 5.82 Å². The fraction of sp³-hybridized carbons (Fsp3) is 0.378.